The number of nitrogens with two attached hydrogens (primary N) is 1. The fourth-order valence-corrected chi connectivity index (χ4v) is 1.94. The standard InChI is InChI=1S/C8H15NO/c9-8(3-6-1-2-6)4-7(10)5-8/h6-7,10H,1-5,9H2. The van der Waals surface area contributed by atoms with Crippen LogP contribution in [0.5, 0.6) is 0 Å². The van der Waals surface area contributed by atoms with Crippen molar-refractivity contribution in [2.24, 2.45) is 11.7 Å². The first-order valence-corrected chi connectivity index (χ1v) is 4.15. The lowest BCUT2D eigenvalue weighted by molar-refractivity contribution is 0.0161. The molecule has 2 rings (SSSR count). The van der Waals surface area contributed by atoms with E-state index >= 15 is 0 Å². The molecule has 0 aliphatic heterocycles. The molecular weight excluding hydrogens is 126 g/mol. The van der Waals surface area contributed by atoms with Gasteiger partial charge in [0.15, 0.2) is 0 Å². The molecule has 3 N–H and O–H groups in total. The maximum absolute atomic E-state index is 9.04. The normalized spacial score (nSPS) is 46.8. The molecule has 2 aliphatic carbocycles. The van der Waals surface area contributed by atoms with Gasteiger partial charge < -0.3 is 10.8 Å². The van der Waals surface area contributed by atoms with Crippen molar-refractivity contribution >= 4 is 0 Å². The minimum absolute atomic E-state index is 0.0284. The predicted molar refractivity (Wildman–Crippen MR) is 39.5 cm³/mol. The fraction of sp³-hybridized carbons (Fsp3) is 1.00. The van der Waals surface area contributed by atoms with Crippen LogP contribution >= 0.6 is 0 Å². The van der Waals surface area contributed by atoms with Crippen molar-refractivity contribution in [3.63, 3.8) is 0 Å². The van der Waals surface area contributed by atoms with Crippen LogP contribution in [0, 0.1) is 5.92 Å². The molecule has 0 atom stereocenters. The third-order valence-electron chi connectivity index (χ3n) is 2.68. The van der Waals surface area contributed by atoms with Gasteiger partial charge in [0, 0.05) is 5.54 Å². The first kappa shape index (κ1) is 6.62. The molecule has 0 heterocycles. The Labute approximate surface area is 61.4 Å². The maximum atomic E-state index is 9.04. The first-order chi connectivity index (χ1) is 4.68. The van der Waals surface area contributed by atoms with E-state index in [1.165, 1.54) is 12.8 Å². The lowest BCUT2D eigenvalue weighted by Gasteiger charge is -2.42. The number of aliphatic hydroxyl groups excluding tert-OH is 1. The molecular formula is C8H15NO. The molecule has 2 aliphatic rings. The SMILES string of the molecule is NC1(CC2CC2)CC(O)C1. The highest BCUT2D eigenvalue weighted by Gasteiger charge is 2.43. The highest BCUT2D eigenvalue weighted by molar-refractivity contribution is 5.01. The molecule has 0 aromatic carbocycles. The first-order valence-electron chi connectivity index (χ1n) is 4.15. The van der Waals surface area contributed by atoms with Gasteiger partial charge in [0.25, 0.3) is 0 Å². The average molecular weight is 141 g/mol. The monoisotopic (exact) mass is 141 g/mol. The van der Waals surface area contributed by atoms with Gasteiger partial charge >= 0.3 is 0 Å². The Kier molecular flexibility index (Phi) is 1.29. The molecule has 2 heteroatoms. The van der Waals surface area contributed by atoms with Gasteiger partial charge in [0.05, 0.1) is 6.10 Å². The fourth-order valence-electron chi connectivity index (χ4n) is 1.94. The summed E-state index contributed by atoms with van der Waals surface area (Å²) in [7, 11) is 0. The van der Waals surface area contributed by atoms with Crippen LogP contribution in [0.25, 0.3) is 0 Å². The number of hydrogen-bond donors (Lipinski definition) is 2. The zero-order valence-electron chi connectivity index (χ0n) is 6.21. The van der Waals surface area contributed by atoms with Crippen LogP contribution in [-0.2, 0) is 0 Å². The molecule has 58 valence electrons. The summed E-state index contributed by atoms with van der Waals surface area (Å²) < 4.78 is 0. The Morgan fingerprint density at radius 2 is 2.00 bits per heavy atom. The minimum atomic E-state index is -0.0938. The summed E-state index contributed by atoms with van der Waals surface area (Å²) in [4.78, 5) is 0. The van der Waals surface area contributed by atoms with E-state index in [4.69, 9.17) is 10.8 Å². The number of rotatable bonds is 2. The van der Waals surface area contributed by atoms with Crippen LogP contribution in [0.15, 0.2) is 0 Å². The van der Waals surface area contributed by atoms with Crippen LogP contribution in [0.2, 0.25) is 0 Å². The van der Waals surface area contributed by atoms with Crippen molar-refractivity contribution in [2.45, 2.75) is 43.7 Å². The van der Waals surface area contributed by atoms with Crippen molar-refractivity contribution in [2.75, 3.05) is 0 Å². The van der Waals surface area contributed by atoms with Crippen molar-refractivity contribution in [1.82, 2.24) is 0 Å². The smallest absolute Gasteiger partial charge is 0.0575 e. The van der Waals surface area contributed by atoms with Crippen molar-refractivity contribution < 1.29 is 5.11 Å². The number of hydrogen-bond acceptors (Lipinski definition) is 2. The van der Waals surface area contributed by atoms with Crippen molar-refractivity contribution in [3.8, 4) is 0 Å². The van der Waals surface area contributed by atoms with Gasteiger partial charge in [-0.15, -0.1) is 0 Å². The Bertz CT molecular complexity index is 136. The molecule has 0 bridgehead atoms. The van der Waals surface area contributed by atoms with E-state index in [1.807, 2.05) is 0 Å². The average Bonchev–Trinajstić information content (AvgIpc) is 2.45. The van der Waals surface area contributed by atoms with E-state index in [-0.39, 0.29) is 11.6 Å². The molecule has 2 fully saturated rings. The largest absolute Gasteiger partial charge is 0.393 e. The van der Waals surface area contributed by atoms with Gasteiger partial charge in [-0.2, -0.15) is 0 Å². The topological polar surface area (TPSA) is 46.2 Å². The zero-order valence-corrected chi connectivity index (χ0v) is 6.21. The van der Waals surface area contributed by atoms with E-state index in [2.05, 4.69) is 0 Å². The molecule has 0 spiro atoms. The van der Waals surface area contributed by atoms with E-state index < -0.39 is 0 Å². The summed E-state index contributed by atoms with van der Waals surface area (Å²) in [5.41, 5.74) is 6.00. The second-order valence-corrected chi connectivity index (χ2v) is 4.07. The molecule has 0 unspecified atom stereocenters. The molecule has 0 aromatic heterocycles. The van der Waals surface area contributed by atoms with E-state index in [1.54, 1.807) is 0 Å². The number of aliphatic hydroxyl groups is 1. The minimum Gasteiger partial charge on any atom is -0.393 e. The van der Waals surface area contributed by atoms with Crippen LogP contribution in [-0.4, -0.2) is 16.7 Å². The van der Waals surface area contributed by atoms with Crippen molar-refractivity contribution in [3.05, 3.63) is 0 Å². The molecule has 10 heavy (non-hydrogen) atoms. The van der Waals surface area contributed by atoms with E-state index in [0.29, 0.717) is 0 Å². The van der Waals surface area contributed by atoms with E-state index in [9.17, 15) is 0 Å². The molecule has 2 nitrogen and oxygen atoms in total. The van der Waals surface area contributed by atoms with Crippen LogP contribution < -0.4 is 5.73 Å². The molecule has 2 saturated carbocycles. The molecule has 0 radical (unpaired) electrons. The zero-order chi connectivity index (χ0) is 7.19. The van der Waals surface area contributed by atoms with Crippen LogP contribution in [0.4, 0.5) is 0 Å². The summed E-state index contributed by atoms with van der Waals surface area (Å²) in [6.45, 7) is 0. The van der Waals surface area contributed by atoms with Crippen LogP contribution in [0.1, 0.15) is 32.1 Å². The Hall–Kier alpha value is -0.0800. The van der Waals surface area contributed by atoms with Gasteiger partial charge in [-0.1, -0.05) is 12.8 Å². The Morgan fingerprint density at radius 3 is 2.40 bits per heavy atom. The highest BCUT2D eigenvalue weighted by atomic mass is 16.3. The summed E-state index contributed by atoms with van der Waals surface area (Å²) in [5, 5.41) is 9.04. The summed E-state index contributed by atoms with van der Waals surface area (Å²) in [5.74, 6) is 0.900. The highest BCUT2D eigenvalue weighted by Crippen LogP contribution is 2.43. The lowest BCUT2D eigenvalue weighted by Crippen LogP contribution is -2.54. The Morgan fingerprint density at radius 1 is 1.40 bits per heavy atom. The van der Waals surface area contributed by atoms with Gasteiger partial charge in [-0.25, -0.2) is 0 Å². The summed E-state index contributed by atoms with van der Waals surface area (Å²) >= 11 is 0. The van der Waals surface area contributed by atoms with Gasteiger partial charge in [0.1, 0.15) is 0 Å². The predicted octanol–water partition coefficient (Wildman–Crippen LogP) is 0.639. The lowest BCUT2D eigenvalue weighted by atomic mass is 9.72. The maximum Gasteiger partial charge on any atom is 0.0575 e. The second-order valence-electron chi connectivity index (χ2n) is 4.07. The molecule has 0 amide bonds. The second kappa shape index (κ2) is 1.95. The molecule has 0 saturated heterocycles. The van der Waals surface area contributed by atoms with E-state index in [0.717, 1.165) is 25.2 Å². The molecule has 0 aromatic rings. The quantitative estimate of drug-likeness (QED) is 0.592. The Balaban J connectivity index is 1.79. The van der Waals surface area contributed by atoms with Gasteiger partial charge in [-0.05, 0) is 25.2 Å². The third kappa shape index (κ3) is 1.18. The van der Waals surface area contributed by atoms with Crippen LogP contribution in [0.3, 0.4) is 0 Å². The summed E-state index contributed by atoms with van der Waals surface area (Å²) in [6, 6.07) is 0. The summed E-state index contributed by atoms with van der Waals surface area (Å²) in [6.07, 6.45) is 5.48. The van der Waals surface area contributed by atoms with Gasteiger partial charge in [0.2, 0.25) is 0 Å². The van der Waals surface area contributed by atoms with Crippen molar-refractivity contribution in [1.29, 1.82) is 0 Å². The third-order valence-corrected chi connectivity index (χ3v) is 2.68. The van der Waals surface area contributed by atoms with Gasteiger partial charge in [-0.3, -0.25) is 0 Å².